The van der Waals surface area contributed by atoms with Crippen molar-refractivity contribution in [2.75, 3.05) is 25.9 Å². The predicted molar refractivity (Wildman–Crippen MR) is 110 cm³/mol. The number of nitrogens with zero attached hydrogens (tertiary/aromatic N) is 1. The first kappa shape index (κ1) is 19.5. The topological polar surface area (TPSA) is 49.4 Å². The highest BCUT2D eigenvalue weighted by atomic mass is 32.2. The van der Waals surface area contributed by atoms with Gasteiger partial charge in [-0.2, -0.15) is 0 Å². The minimum absolute atomic E-state index is 0.0680. The van der Waals surface area contributed by atoms with Crippen LogP contribution in [0.5, 0.6) is 0 Å². The van der Waals surface area contributed by atoms with Gasteiger partial charge >= 0.3 is 6.03 Å². The lowest BCUT2D eigenvalue weighted by Gasteiger charge is -2.32. The second kappa shape index (κ2) is 9.60. The summed E-state index contributed by atoms with van der Waals surface area (Å²) in [6.45, 7) is 1.82. The number of hydrogen-bond donors (Lipinski definition) is 1. The van der Waals surface area contributed by atoms with Crippen molar-refractivity contribution in [1.29, 1.82) is 0 Å². The fourth-order valence-electron chi connectivity index (χ4n) is 3.51. The fourth-order valence-corrected chi connectivity index (χ4v) is 4.12. The molecular weight excluding hydrogens is 356 g/mol. The Kier molecular flexibility index (Phi) is 6.93. The Morgan fingerprint density at radius 3 is 2.63 bits per heavy atom. The minimum Gasteiger partial charge on any atom is -0.338 e. The van der Waals surface area contributed by atoms with Crippen LogP contribution in [0.1, 0.15) is 28.8 Å². The number of carbonyl (C=O) groups is 2. The van der Waals surface area contributed by atoms with Crippen molar-refractivity contribution < 1.29 is 9.59 Å². The summed E-state index contributed by atoms with van der Waals surface area (Å²) in [4.78, 5) is 28.3. The van der Waals surface area contributed by atoms with E-state index in [2.05, 4.69) is 17.4 Å². The Bertz CT molecular complexity index is 779. The standard InChI is InChI=1S/C22H26N2O2S/c1-27-20-12-6-5-11-19(20)21(25)18-10-7-15-24(16-18)22(26)23-14-13-17-8-3-2-4-9-17/h2-6,8-9,11-12,18H,7,10,13-16H2,1H3,(H,23,26). The molecule has 5 heteroatoms. The molecule has 3 rings (SSSR count). The average molecular weight is 383 g/mol. The number of benzene rings is 2. The number of ketones is 1. The molecule has 1 N–H and O–H groups in total. The van der Waals surface area contributed by atoms with Crippen LogP contribution in [0.4, 0.5) is 4.79 Å². The maximum absolute atomic E-state index is 13.0. The number of rotatable bonds is 6. The quantitative estimate of drug-likeness (QED) is 0.600. The van der Waals surface area contributed by atoms with Gasteiger partial charge in [-0.1, -0.05) is 48.5 Å². The number of carbonyl (C=O) groups excluding carboxylic acids is 2. The summed E-state index contributed by atoms with van der Waals surface area (Å²) in [6, 6.07) is 17.8. The zero-order valence-electron chi connectivity index (χ0n) is 15.7. The third-order valence-corrected chi connectivity index (χ3v) is 5.78. The highest BCUT2D eigenvalue weighted by Gasteiger charge is 2.29. The molecule has 1 atom stereocenters. The van der Waals surface area contributed by atoms with Gasteiger partial charge in [-0.05, 0) is 37.1 Å². The van der Waals surface area contributed by atoms with Crippen molar-refractivity contribution >= 4 is 23.6 Å². The van der Waals surface area contributed by atoms with Gasteiger partial charge in [0.1, 0.15) is 0 Å². The highest BCUT2D eigenvalue weighted by molar-refractivity contribution is 7.98. The van der Waals surface area contributed by atoms with Gasteiger partial charge in [0.05, 0.1) is 0 Å². The van der Waals surface area contributed by atoms with Crippen LogP contribution in [-0.2, 0) is 6.42 Å². The number of nitrogens with one attached hydrogen (secondary N) is 1. The number of amides is 2. The maximum Gasteiger partial charge on any atom is 0.317 e. The molecule has 27 heavy (non-hydrogen) atoms. The van der Waals surface area contributed by atoms with Gasteiger partial charge in [0.2, 0.25) is 0 Å². The molecule has 0 aliphatic carbocycles. The molecule has 1 fully saturated rings. The molecule has 4 nitrogen and oxygen atoms in total. The van der Waals surface area contributed by atoms with Gasteiger partial charge in [-0.15, -0.1) is 11.8 Å². The van der Waals surface area contributed by atoms with Crippen molar-refractivity contribution in [2.45, 2.75) is 24.2 Å². The van der Waals surface area contributed by atoms with Crippen LogP contribution in [0, 0.1) is 5.92 Å². The lowest BCUT2D eigenvalue weighted by Crippen LogP contribution is -2.47. The molecule has 2 amide bonds. The second-order valence-electron chi connectivity index (χ2n) is 6.82. The Hall–Kier alpha value is -2.27. The third kappa shape index (κ3) is 5.13. The second-order valence-corrected chi connectivity index (χ2v) is 7.67. The van der Waals surface area contributed by atoms with E-state index in [0.29, 0.717) is 19.6 Å². The molecule has 2 aromatic rings. The minimum atomic E-state index is -0.119. The number of likely N-dealkylation sites (tertiary alicyclic amines) is 1. The van der Waals surface area contributed by atoms with Gasteiger partial charge in [-0.3, -0.25) is 4.79 Å². The molecule has 1 aliphatic rings. The SMILES string of the molecule is CSc1ccccc1C(=O)C1CCCN(C(=O)NCCc2ccccc2)C1. The summed E-state index contributed by atoms with van der Waals surface area (Å²) in [5.41, 5.74) is 1.99. The van der Waals surface area contributed by atoms with Crippen molar-refractivity contribution in [1.82, 2.24) is 10.2 Å². The first-order valence-corrected chi connectivity index (χ1v) is 10.7. The smallest absolute Gasteiger partial charge is 0.317 e. The van der Waals surface area contributed by atoms with E-state index in [1.807, 2.05) is 48.7 Å². The highest BCUT2D eigenvalue weighted by Crippen LogP contribution is 2.26. The molecule has 2 aromatic carbocycles. The molecule has 0 spiro atoms. The maximum atomic E-state index is 13.0. The summed E-state index contributed by atoms with van der Waals surface area (Å²) in [5, 5.41) is 2.99. The van der Waals surface area contributed by atoms with E-state index < -0.39 is 0 Å². The van der Waals surface area contributed by atoms with Crippen LogP contribution in [0.15, 0.2) is 59.5 Å². The summed E-state index contributed by atoms with van der Waals surface area (Å²) in [7, 11) is 0. The molecular formula is C22H26N2O2S. The third-order valence-electron chi connectivity index (χ3n) is 4.98. The molecule has 142 valence electrons. The van der Waals surface area contributed by atoms with Crippen molar-refractivity contribution in [2.24, 2.45) is 5.92 Å². The normalized spacial score (nSPS) is 16.8. The Morgan fingerprint density at radius 2 is 1.85 bits per heavy atom. The van der Waals surface area contributed by atoms with Gasteiger partial charge in [-0.25, -0.2) is 4.79 Å². The van der Waals surface area contributed by atoms with Gasteiger partial charge < -0.3 is 10.2 Å². The van der Waals surface area contributed by atoms with Crippen molar-refractivity contribution in [3.63, 3.8) is 0 Å². The zero-order valence-corrected chi connectivity index (χ0v) is 16.5. The van der Waals surface area contributed by atoms with E-state index in [9.17, 15) is 9.59 Å². The van der Waals surface area contributed by atoms with Crippen molar-refractivity contribution in [3.05, 3.63) is 65.7 Å². The molecule has 0 bridgehead atoms. The zero-order chi connectivity index (χ0) is 19.1. The van der Waals surface area contributed by atoms with E-state index in [4.69, 9.17) is 0 Å². The van der Waals surface area contributed by atoms with Crippen LogP contribution in [0.25, 0.3) is 0 Å². The van der Waals surface area contributed by atoms with Crippen molar-refractivity contribution in [3.8, 4) is 0 Å². The lowest BCUT2D eigenvalue weighted by atomic mass is 9.90. The van der Waals surface area contributed by atoms with Gasteiger partial charge in [0.15, 0.2) is 5.78 Å². The van der Waals surface area contributed by atoms with Crippen LogP contribution in [0.3, 0.4) is 0 Å². The summed E-state index contributed by atoms with van der Waals surface area (Å²) >= 11 is 1.59. The molecule has 0 radical (unpaired) electrons. The molecule has 1 heterocycles. The summed E-state index contributed by atoms with van der Waals surface area (Å²) in [5.74, 6) is 0.0358. The predicted octanol–water partition coefficient (Wildman–Crippen LogP) is 4.26. The first-order chi connectivity index (χ1) is 13.2. The van der Waals surface area contributed by atoms with Gasteiger partial charge in [0.25, 0.3) is 0 Å². The van der Waals surface area contributed by atoms with Crippen LogP contribution in [-0.4, -0.2) is 42.6 Å². The van der Waals surface area contributed by atoms with E-state index in [-0.39, 0.29) is 17.7 Å². The van der Waals surface area contributed by atoms with Gasteiger partial charge in [0, 0.05) is 36.0 Å². The molecule has 1 saturated heterocycles. The fraction of sp³-hybridized carbons (Fsp3) is 0.364. The number of thioether (sulfide) groups is 1. The Labute approximate surface area is 165 Å². The Morgan fingerprint density at radius 1 is 1.11 bits per heavy atom. The summed E-state index contributed by atoms with van der Waals surface area (Å²) in [6.07, 6.45) is 4.50. The van der Waals surface area contributed by atoms with Crippen LogP contribution >= 0.6 is 11.8 Å². The number of urea groups is 1. The monoisotopic (exact) mass is 382 g/mol. The lowest BCUT2D eigenvalue weighted by molar-refractivity contribution is 0.0843. The number of hydrogen-bond acceptors (Lipinski definition) is 3. The van der Waals surface area contributed by atoms with E-state index in [1.165, 1.54) is 5.56 Å². The number of Topliss-reactive ketones (excluding diaryl/α,β-unsaturated/α-hetero) is 1. The summed E-state index contributed by atoms with van der Waals surface area (Å²) < 4.78 is 0. The molecule has 1 aliphatic heterocycles. The van der Waals surface area contributed by atoms with E-state index in [1.54, 1.807) is 16.7 Å². The van der Waals surface area contributed by atoms with E-state index >= 15 is 0 Å². The van der Waals surface area contributed by atoms with Crippen LogP contribution in [0.2, 0.25) is 0 Å². The van der Waals surface area contributed by atoms with E-state index in [0.717, 1.165) is 29.7 Å². The first-order valence-electron chi connectivity index (χ1n) is 9.43. The molecule has 0 saturated carbocycles. The molecule has 1 unspecified atom stereocenters. The number of piperidine rings is 1. The largest absolute Gasteiger partial charge is 0.338 e. The Balaban J connectivity index is 1.55. The average Bonchev–Trinajstić information content (AvgIpc) is 2.74. The molecule has 0 aromatic heterocycles. The van der Waals surface area contributed by atoms with Crippen LogP contribution < -0.4 is 5.32 Å².